The van der Waals surface area contributed by atoms with Crippen LogP contribution in [0.1, 0.15) is 45.4 Å². The Morgan fingerprint density at radius 3 is 1.97 bits per heavy atom. The fourth-order valence-corrected chi connectivity index (χ4v) is 3.80. The molecule has 31 heavy (non-hydrogen) atoms. The van der Waals surface area contributed by atoms with Gasteiger partial charge < -0.3 is 54.7 Å². The van der Waals surface area contributed by atoms with E-state index in [4.69, 9.17) is 24.1 Å². The molecule has 2 aliphatic heterocycles. The fraction of sp³-hybridized carbons (Fsp3) is 1.00. The van der Waals surface area contributed by atoms with Crippen molar-refractivity contribution >= 4 is 0 Å². The number of ether oxygens (including phenoxy) is 4. The maximum atomic E-state index is 10.3. The molecule has 10 atom stereocenters. The highest BCUT2D eigenvalue weighted by Crippen LogP contribution is 2.30. The summed E-state index contributed by atoms with van der Waals surface area (Å²) in [4.78, 5) is 0. The topological polar surface area (TPSA) is 179 Å². The van der Waals surface area contributed by atoms with E-state index in [0.29, 0.717) is 6.61 Å². The Labute approximate surface area is 182 Å². The molecule has 2 aliphatic rings. The Morgan fingerprint density at radius 1 is 0.742 bits per heavy atom. The minimum atomic E-state index is -1.57. The van der Waals surface area contributed by atoms with Crippen molar-refractivity contribution in [2.75, 3.05) is 19.8 Å². The van der Waals surface area contributed by atoms with Gasteiger partial charge in [0.25, 0.3) is 0 Å². The third kappa shape index (κ3) is 7.02. The van der Waals surface area contributed by atoms with Crippen molar-refractivity contribution in [3.8, 4) is 0 Å². The maximum absolute atomic E-state index is 10.3. The standard InChI is InChI=1S/C20H38O11/c1-2-3-4-5-6-7-8-28-19-15(26)14(25)18(31-19)12(10-22)29-20-16(27)13(24)17(30-20)11(23)9-21/h11-27H,2-10H2,1H3/t11?,12-,13+,14+,15+,16+,17-,18?,19?,20?/m0/s1. The zero-order valence-electron chi connectivity index (χ0n) is 17.9. The van der Waals surface area contributed by atoms with Gasteiger partial charge in [-0.3, -0.25) is 0 Å². The lowest BCUT2D eigenvalue weighted by Gasteiger charge is -2.28. The number of rotatable bonds is 14. The van der Waals surface area contributed by atoms with Gasteiger partial charge >= 0.3 is 0 Å². The van der Waals surface area contributed by atoms with E-state index >= 15 is 0 Å². The first-order chi connectivity index (χ1) is 14.8. The highest BCUT2D eigenvalue weighted by molar-refractivity contribution is 4.94. The number of unbranched alkanes of at least 4 members (excludes halogenated alkanes) is 5. The summed E-state index contributed by atoms with van der Waals surface area (Å²) < 4.78 is 21.8. The lowest BCUT2D eigenvalue weighted by atomic mass is 10.1. The predicted octanol–water partition coefficient (Wildman–Crippen LogP) is -2.01. The molecule has 4 unspecified atom stereocenters. The van der Waals surface area contributed by atoms with Gasteiger partial charge in [-0.15, -0.1) is 0 Å². The number of hydrogen-bond acceptors (Lipinski definition) is 11. The van der Waals surface area contributed by atoms with Crippen LogP contribution in [-0.2, 0) is 18.9 Å². The highest BCUT2D eigenvalue weighted by Gasteiger charge is 2.51. The molecule has 0 spiro atoms. The Balaban J connectivity index is 1.84. The molecule has 2 heterocycles. The summed E-state index contributed by atoms with van der Waals surface area (Å²) in [5.41, 5.74) is 0. The molecule has 2 saturated heterocycles. The van der Waals surface area contributed by atoms with Crippen LogP contribution in [0, 0.1) is 0 Å². The lowest BCUT2D eigenvalue weighted by Crippen LogP contribution is -2.46. The SMILES string of the molecule is CCCCCCCCOC1OC([C@H](CO)OC2O[C@@H](C(O)CO)[C@H](O)[C@H]2O)[C@H](O)[C@H]1O. The molecule has 0 aliphatic carbocycles. The van der Waals surface area contributed by atoms with Crippen LogP contribution in [0.4, 0.5) is 0 Å². The highest BCUT2D eigenvalue weighted by atomic mass is 16.7. The van der Waals surface area contributed by atoms with Crippen LogP contribution in [0.15, 0.2) is 0 Å². The van der Waals surface area contributed by atoms with Crippen molar-refractivity contribution in [3.63, 3.8) is 0 Å². The lowest BCUT2D eigenvalue weighted by molar-refractivity contribution is -0.243. The molecule has 11 heteroatoms. The van der Waals surface area contributed by atoms with Crippen molar-refractivity contribution in [1.29, 1.82) is 0 Å². The maximum Gasteiger partial charge on any atom is 0.187 e. The predicted molar refractivity (Wildman–Crippen MR) is 106 cm³/mol. The third-order valence-electron chi connectivity index (χ3n) is 5.71. The quantitative estimate of drug-likeness (QED) is 0.144. The molecule has 11 nitrogen and oxygen atoms in total. The summed E-state index contributed by atoms with van der Waals surface area (Å²) in [7, 11) is 0. The molecule has 184 valence electrons. The first-order valence-electron chi connectivity index (χ1n) is 11.1. The van der Waals surface area contributed by atoms with Gasteiger partial charge in [0.1, 0.15) is 48.8 Å². The van der Waals surface area contributed by atoms with Crippen LogP contribution in [0.5, 0.6) is 0 Å². The van der Waals surface area contributed by atoms with Crippen molar-refractivity contribution in [2.45, 2.75) is 107 Å². The fourth-order valence-electron chi connectivity index (χ4n) is 3.80. The monoisotopic (exact) mass is 454 g/mol. The second kappa shape index (κ2) is 13.3. The summed E-state index contributed by atoms with van der Waals surface area (Å²) in [6.07, 6.45) is -7.17. The molecule has 0 bridgehead atoms. The van der Waals surface area contributed by atoms with Crippen molar-refractivity contribution < 1.29 is 54.7 Å². The zero-order chi connectivity index (χ0) is 23.0. The van der Waals surface area contributed by atoms with Gasteiger partial charge in [-0.25, -0.2) is 0 Å². The second-order valence-electron chi connectivity index (χ2n) is 8.15. The van der Waals surface area contributed by atoms with Crippen LogP contribution in [-0.4, -0.2) is 117 Å². The van der Waals surface area contributed by atoms with E-state index < -0.39 is 74.6 Å². The van der Waals surface area contributed by atoms with Crippen LogP contribution >= 0.6 is 0 Å². The number of aliphatic hydroxyl groups excluding tert-OH is 7. The molecule has 0 radical (unpaired) electrons. The van der Waals surface area contributed by atoms with E-state index in [1.54, 1.807) is 0 Å². The summed E-state index contributed by atoms with van der Waals surface area (Å²) in [5, 5.41) is 69.0. The molecule has 0 saturated carbocycles. The summed E-state index contributed by atoms with van der Waals surface area (Å²) >= 11 is 0. The van der Waals surface area contributed by atoms with Gasteiger partial charge in [0.05, 0.1) is 13.2 Å². The van der Waals surface area contributed by atoms with E-state index in [0.717, 1.165) is 32.1 Å². The van der Waals surface area contributed by atoms with E-state index in [1.165, 1.54) is 6.42 Å². The minimum Gasteiger partial charge on any atom is -0.394 e. The van der Waals surface area contributed by atoms with Gasteiger partial charge in [0, 0.05) is 6.61 Å². The number of aliphatic hydroxyl groups is 7. The van der Waals surface area contributed by atoms with Gasteiger partial charge in [-0.1, -0.05) is 39.0 Å². The number of hydrogen-bond donors (Lipinski definition) is 7. The summed E-state index contributed by atoms with van der Waals surface area (Å²) in [6, 6.07) is 0. The average molecular weight is 455 g/mol. The Hall–Kier alpha value is -0.440. The van der Waals surface area contributed by atoms with E-state index in [-0.39, 0.29) is 0 Å². The van der Waals surface area contributed by atoms with Gasteiger partial charge in [0.15, 0.2) is 12.6 Å². The molecule has 0 aromatic heterocycles. The molecular formula is C20H38O11. The van der Waals surface area contributed by atoms with Crippen LogP contribution in [0.3, 0.4) is 0 Å². The molecule has 2 rings (SSSR count). The first-order valence-corrected chi connectivity index (χ1v) is 11.1. The van der Waals surface area contributed by atoms with Crippen molar-refractivity contribution in [2.24, 2.45) is 0 Å². The summed E-state index contributed by atoms with van der Waals surface area (Å²) in [5.74, 6) is 0. The second-order valence-corrected chi connectivity index (χ2v) is 8.15. The molecule has 0 amide bonds. The van der Waals surface area contributed by atoms with Gasteiger partial charge in [0.2, 0.25) is 0 Å². The summed E-state index contributed by atoms with van der Waals surface area (Å²) in [6.45, 7) is 1.15. The van der Waals surface area contributed by atoms with Crippen LogP contribution < -0.4 is 0 Å². The van der Waals surface area contributed by atoms with Crippen molar-refractivity contribution in [1.82, 2.24) is 0 Å². The van der Waals surface area contributed by atoms with Gasteiger partial charge in [-0.2, -0.15) is 0 Å². The third-order valence-corrected chi connectivity index (χ3v) is 5.71. The molecular weight excluding hydrogens is 416 g/mol. The molecule has 0 aromatic rings. The van der Waals surface area contributed by atoms with E-state index in [1.807, 2.05) is 0 Å². The molecule has 0 aromatic carbocycles. The smallest absolute Gasteiger partial charge is 0.187 e. The molecule has 2 fully saturated rings. The normalized spacial score (nSPS) is 37.9. The average Bonchev–Trinajstić information content (AvgIpc) is 3.21. The first kappa shape index (κ1) is 26.8. The van der Waals surface area contributed by atoms with E-state index in [2.05, 4.69) is 6.92 Å². The largest absolute Gasteiger partial charge is 0.394 e. The van der Waals surface area contributed by atoms with Crippen LogP contribution in [0.2, 0.25) is 0 Å². The van der Waals surface area contributed by atoms with Crippen LogP contribution in [0.25, 0.3) is 0 Å². The zero-order valence-corrected chi connectivity index (χ0v) is 17.9. The Morgan fingerprint density at radius 2 is 1.32 bits per heavy atom. The Bertz CT molecular complexity index is 496. The van der Waals surface area contributed by atoms with Crippen molar-refractivity contribution in [3.05, 3.63) is 0 Å². The Kier molecular flexibility index (Phi) is 11.5. The van der Waals surface area contributed by atoms with E-state index in [9.17, 15) is 30.6 Å². The van der Waals surface area contributed by atoms with Gasteiger partial charge in [-0.05, 0) is 6.42 Å². The minimum absolute atomic E-state index is 0.343. The molecule has 7 N–H and O–H groups in total.